The molecule has 24 heavy (non-hydrogen) atoms. The first-order chi connectivity index (χ1) is 11.4. The van der Waals surface area contributed by atoms with Gasteiger partial charge in [-0.2, -0.15) is 0 Å². The maximum Gasteiger partial charge on any atom is 0.188 e. The minimum Gasteiger partial charge on any atom is -0.489 e. The minimum absolute atomic E-state index is 0.0642. The van der Waals surface area contributed by atoms with Crippen LogP contribution in [-0.2, 0) is 13.0 Å². The van der Waals surface area contributed by atoms with Crippen molar-refractivity contribution in [2.75, 3.05) is 6.54 Å². The van der Waals surface area contributed by atoms with Gasteiger partial charge in [0, 0.05) is 12.1 Å². The Bertz CT molecular complexity index is 643. The highest BCUT2D eigenvalue weighted by molar-refractivity contribution is 5.78. The smallest absolute Gasteiger partial charge is 0.188 e. The van der Waals surface area contributed by atoms with Crippen LogP contribution in [0.4, 0.5) is 0 Å². The van der Waals surface area contributed by atoms with Gasteiger partial charge >= 0.3 is 0 Å². The molecule has 0 aromatic heterocycles. The average molecular weight is 325 g/mol. The van der Waals surface area contributed by atoms with Gasteiger partial charge in [0.2, 0.25) is 0 Å². The summed E-state index contributed by atoms with van der Waals surface area (Å²) >= 11 is 0. The van der Waals surface area contributed by atoms with E-state index in [0.717, 1.165) is 17.7 Å². The second-order valence-electron chi connectivity index (χ2n) is 6.81. The number of hydrogen-bond donors (Lipinski definition) is 2. The van der Waals surface area contributed by atoms with Gasteiger partial charge in [-0.15, -0.1) is 0 Å². The third-order valence-corrected chi connectivity index (χ3v) is 3.36. The van der Waals surface area contributed by atoms with Gasteiger partial charge in [0.25, 0.3) is 0 Å². The number of nitrogens with zero attached hydrogens (tertiary/aromatic N) is 1. The highest BCUT2D eigenvalue weighted by Crippen LogP contribution is 2.14. The van der Waals surface area contributed by atoms with Gasteiger partial charge in [-0.1, -0.05) is 42.5 Å². The van der Waals surface area contributed by atoms with Crippen LogP contribution in [0, 0.1) is 0 Å². The lowest BCUT2D eigenvalue weighted by Crippen LogP contribution is -2.45. The van der Waals surface area contributed by atoms with Crippen LogP contribution in [0.15, 0.2) is 59.6 Å². The molecule has 0 unspecified atom stereocenters. The molecule has 128 valence electrons. The predicted octanol–water partition coefficient (Wildman–Crippen LogP) is 3.51. The van der Waals surface area contributed by atoms with Gasteiger partial charge in [0.1, 0.15) is 12.4 Å². The molecule has 0 aliphatic carbocycles. The fourth-order valence-electron chi connectivity index (χ4n) is 2.22. The van der Waals surface area contributed by atoms with Crippen molar-refractivity contribution in [3.63, 3.8) is 0 Å². The van der Waals surface area contributed by atoms with Crippen LogP contribution in [0.1, 0.15) is 31.9 Å². The summed E-state index contributed by atoms with van der Waals surface area (Å²) in [6.07, 6.45) is 0.853. The summed E-state index contributed by atoms with van der Waals surface area (Å²) in [5.41, 5.74) is 8.18. The average Bonchev–Trinajstić information content (AvgIpc) is 2.53. The largest absolute Gasteiger partial charge is 0.489 e. The number of nitrogens with two attached hydrogens (primary N) is 1. The van der Waals surface area contributed by atoms with Gasteiger partial charge in [-0.25, -0.2) is 0 Å². The monoisotopic (exact) mass is 325 g/mol. The summed E-state index contributed by atoms with van der Waals surface area (Å²) in [5, 5.41) is 3.15. The van der Waals surface area contributed by atoms with Crippen molar-refractivity contribution >= 4 is 5.96 Å². The zero-order valence-corrected chi connectivity index (χ0v) is 14.8. The summed E-state index contributed by atoms with van der Waals surface area (Å²) in [4.78, 5) is 4.36. The lowest BCUT2D eigenvalue weighted by Gasteiger charge is -2.20. The molecule has 2 rings (SSSR count). The Balaban J connectivity index is 1.78. The second kappa shape index (κ2) is 8.39. The molecule has 0 bridgehead atoms. The Labute approximate surface area is 144 Å². The second-order valence-corrected chi connectivity index (χ2v) is 6.81. The lowest BCUT2D eigenvalue weighted by molar-refractivity contribution is 0.306. The highest BCUT2D eigenvalue weighted by Gasteiger charge is 2.09. The summed E-state index contributed by atoms with van der Waals surface area (Å²) in [5.74, 6) is 1.37. The van der Waals surface area contributed by atoms with Crippen molar-refractivity contribution in [3.8, 4) is 5.75 Å². The van der Waals surface area contributed by atoms with Crippen LogP contribution >= 0.6 is 0 Å². The van der Waals surface area contributed by atoms with Gasteiger partial charge in [-0.3, -0.25) is 4.99 Å². The molecule has 0 amide bonds. The maximum atomic E-state index is 5.86. The first-order valence-electron chi connectivity index (χ1n) is 8.26. The Morgan fingerprint density at radius 2 is 1.67 bits per heavy atom. The van der Waals surface area contributed by atoms with Crippen molar-refractivity contribution < 1.29 is 4.74 Å². The molecule has 2 aromatic carbocycles. The van der Waals surface area contributed by atoms with E-state index < -0.39 is 0 Å². The number of nitrogens with one attached hydrogen (secondary N) is 1. The summed E-state index contributed by atoms with van der Waals surface area (Å²) < 4.78 is 5.79. The van der Waals surface area contributed by atoms with Crippen molar-refractivity contribution in [3.05, 3.63) is 65.7 Å². The molecular formula is C20H27N3O. The number of aliphatic imine (C=N–C) groups is 1. The molecule has 0 saturated heterocycles. The standard InChI is InChI=1S/C20H27N3O/c1-20(2,3)23-19(21)22-14-13-16-9-11-18(12-10-16)24-15-17-7-5-4-6-8-17/h4-12H,13-15H2,1-3H3,(H3,21,22,23). The van der Waals surface area contributed by atoms with Gasteiger partial charge in [-0.05, 0) is 50.5 Å². The van der Waals surface area contributed by atoms with E-state index in [1.165, 1.54) is 5.56 Å². The molecule has 4 heteroatoms. The van der Waals surface area contributed by atoms with E-state index >= 15 is 0 Å². The highest BCUT2D eigenvalue weighted by atomic mass is 16.5. The van der Waals surface area contributed by atoms with Crippen molar-refractivity contribution in [1.82, 2.24) is 5.32 Å². The summed E-state index contributed by atoms with van der Waals surface area (Å²) in [6.45, 7) is 7.43. The molecule has 3 N–H and O–H groups in total. The Hall–Kier alpha value is -2.49. The van der Waals surface area contributed by atoms with Crippen molar-refractivity contribution in [1.29, 1.82) is 0 Å². The van der Waals surface area contributed by atoms with E-state index in [4.69, 9.17) is 10.5 Å². The third-order valence-electron chi connectivity index (χ3n) is 3.36. The molecule has 0 fully saturated rings. The number of hydrogen-bond acceptors (Lipinski definition) is 2. The van der Waals surface area contributed by atoms with Crippen molar-refractivity contribution in [2.45, 2.75) is 39.3 Å². The van der Waals surface area contributed by atoms with Crippen LogP contribution in [0.2, 0.25) is 0 Å². The molecule has 4 nitrogen and oxygen atoms in total. The Kier molecular flexibility index (Phi) is 6.24. The summed E-state index contributed by atoms with van der Waals surface area (Å²) in [7, 11) is 0. The molecule has 0 aliphatic rings. The number of benzene rings is 2. The van der Waals surface area contributed by atoms with E-state index in [1.807, 2.05) is 30.3 Å². The maximum absolute atomic E-state index is 5.86. The first-order valence-corrected chi connectivity index (χ1v) is 8.26. The number of guanidine groups is 1. The normalized spacial score (nSPS) is 12.0. The topological polar surface area (TPSA) is 59.6 Å². The molecule has 0 heterocycles. The molecule has 0 atom stereocenters. The van der Waals surface area contributed by atoms with Crippen molar-refractivity contribution in [2.24, 2.45) is 10.7 Å². The summed E-state index contributed by atoms with van der Waals surface area (Å²) in [6, 6.07) is 18.3. The Morgan fingerprint density at radius 3 is 2.29 bits per heavy atom. The SMILES string of the molecule is CC(C)(C)NC(N)=NCCc1ccc(OCc2ccccc2)cc1. The fraction of sp³-hybridized carbons (Fsp3) is 0.350. The predicted molar refractivity (Wildman–Crippen MR) is 100 cm³/mol. The molecule has 0 saturated carbocycles. The lowest BCUT2D eigenvalue weighted by atomic mass is 10.1. The molecular weight excluding hydrogens is 298 g/mol. The first kappa shape index (κ1) is 17.9. The quantitative estimate of drug-likeness (QED) is 0.631. The van der Waals surface area contributed by atoms with E-state index in [2.05, 4.69) is 55.3 Å². The van der Waals surface area contributed by atoms with Gasteiger partial charge < -0.3 is 15.8 Å². The zero-order chi connectivity index (χ0) is 17.4. The fourth-order valence-corrected chi connectivity index (χ4v) is 2.22. The van der Waals surface area contributed by atoms with Crippen LogP contribution in [0.25, 0.3) is 0 Å². The van der Waals surface area contributed by atoms with Crippen LogP contribution < -0.4 is 15.8 Å². The van der Waals surface area contributed by atoms with Crippen LogP contribution in [-0.4, -0.2) is 18.0 Å². The van der Waals surface area contributed by atoms with Crippen LogP contribution in [0.3, 0.4) is 0 Å². The zero-order valence-electron chi connectivity index (χ0n) is 14.8. The minimum atomic E-state index is -0.0642. The Morgan fingerprint density at radius 1 is 1.00 bits per heavy atom. The molecule has 0 radical (unpaired) electrons. The van der Waals surface area contributed by atoms with E-state index in [9.17, 15) is 0 Å². The van der Waals surface area contributed by atoms with E-state index in [1.54, 1.807) is 0 Å². The van der Waals surface area contributed by atoms with Crippen LogP contribution in [0.5, 0.6) is 5.75 Å². The van der Waals surface area contributed by atoms with E-state index in [0.29, 0.717) is 19.1 Å². The molecule has 0 spiro atoms. The number of rotatable bonds is 6. The van der Waals surface area contributed by atoms with E-state index in [-0.39, 0.29) is 5.54 Å². The molecule has 0 aliphatic heterocycles. The molecule has 2 aromatic rings. The van der Waals surface area contributed by atoms with Gasteiger partial charge in [0.05, 0.1) is 0 Å². The van der Waals surface area contributed by atoms with Gasteiger partial charge in [0.15, 0.2) is 5.96 Å². The third kappa shape index (κ3) is 6.73. The number of ether oxygens (including phenoxy) is 1.